The molecule has 7 nitrogen and oxygen atoms in total. The number of esters is 1. The third kappa shape index (κ3) is 5.36. The Balaban J connectivity index is 1.54. The number of hydrogen-bond donors (Lipinski definition) is 1. The van der Waals surface area contributed by atoms with E-state index in [1.54, 1.807) is 17.7 Å². The maximum Gasteiger partial charge on any atom is 0.328 e. The monoisotopic (exact) mass is 524 g/mol. The number of ether oxygens (including phenoxy) is 2. The van der Waals surface area contributed by atoms with Gasteiger partial charge in [0.25, 0.3) is 5.56 Å². The second-order valence-electron chi connectivity index (χ2n) is 10.1. The smallest absolute Gasteiger partial charge is 0.328 e. The quantitative estimate of drug-likeness (QED) is 0.266. The van der Waals surface area contributed by atoms with Gasteiger partial charge >= 0.3 is 11.7 Å². The molecular weight excluding hydrogens is 492 g/mol. The molecule has 1 saturated carbocycles. The standard InChI is InChI=1S/C32H32N2O5/c1-22-20-34(31(37)33-30(22)36)28-18-24(29(19-28)39-23(2)35)21-38-32(25-12-6-3-7-13-25,26-14-8-4-9-15-26)27-16-10-5-11-17-27/h3-17,20,24,28-29H,18-19,21H2,1-2H3,(H,33,36,37)/t24-,28-,29+/m1/s1. The molecule has 1 N–H and O–H groups in total. The molecule has 0 aliphatic heterocycles. The van der Waals surface area contributed by atoms with E-state index in [0.29, 0.717) is 18.4 Å². The van der Waals surface area contributed by atoms with Crippen LogP contribution in [-0.4, -0.2) is 28.2 Å². The van der Waals surface area contributed by atoms with Crippen LogP contribution in [0.1, 0.15) is 48.1 Å². The molecular formula is C32H32N2O5. The maximum atomic E-state index is 12.7. The minimum absolute atomic E-state index is 0.173. The molecule has 0 amide bonds. The first-order chi connectivity index (χ1) is 18.9. The number of aryl methyl sites for hydroxylation is 1. The third-order valence-electron chi connectivity index (χ3n) is 7.52. The Hall–Kier alpha value is -4.23. The molecule has 1 aromatic heterocycles. The highest BCUT2D eigenvalue weighted by Crippen LogP contribution is 2.43. The minimum atomic E-state index is -0.909. The number of carbonyl (C=O) groups is 1. The molecule has 1 heterocycles. The first-order valence-corrected chi connectivity index (χ1v) is 13.2. The number of nitrogens with one attached hydrogen (secondary N) is 1. The van der Waals surface area contributed by atoms with E-state index in [2.05, 4.69) is 41.4 Å². The zero-order valence-electron chi connectivity index (χ0n) is 22.1. The van der Waals surface area contributed by atoms with Crippen molar-refractivity contribution in [1.29, 1.82) is 0 Å². The van der Waals surface area contributed by atoms with Crippen molar-refractivity contribution in [2.45, 2.75) is 44.4 Å². The molecule has 1 aliphatic carbocycles. The highest BCUT2D eigenvalue weighted by atomic mass is 16.5. The topological polar surface area (TPSA) is 90.4 Å². The van der Waals surface area contributed by atoms with Crippen LogP contribution in [0.2, 0.25) is 0 Å². The van der Waals surface area contributed by atoms with Gasteiger partial charge in [-0.2, -0.15) is 0 Å². The van der Waals surface area contributed by atoms with E-state index in [1.807, 2.05) is 54.6 Å². The number of aromatic nitrogens is 2. The van der Waals surface area contributed by atoms with Crippen molar-refractivity contribution in [2.24, 2.45) is 5.92 Å². The number of H-pyrrole nitrogens is 1. The summed E-state index contributed by atoms with van der Waals surface area (Å²) >= 11 is 0. The normalized spacial score (nSPS) is 19.1. The van der Waals surface area contributed by atoms with E-state index in [4.69, 9.17) is 9.47 Å². The molecule has 200 valence electrons. The number of carbonyl (C=O) groups excluding carboxylic acids is 1. The molecule has 3 atom stereocenters. The SMILES string of the molecule is CC(=O)O[C@H]1C[C@H](n2cc(C)c(=O)[nH]c2=O)C[C@@H]1COC(c1ccccc1)(c1ccccc1)c1ccccc1. The second-order valence-corrected chi connectivity index (χ2v) is 10.1. The summed E-state index contributed by atoms with van der Waals surface area (Å²) in [5.74, 6) is -0.551. The van der Waals surface area contributed by atoms with Crippen molar-refractivity contribution in [3.8, 4) is 0 Å². The molecule has 7 heteroatoms. The van der Waals surface area contributed by atoms with Crippen LogP contribution in [-0.2, 0) is 19.9 Å². The van der Waals surface area contributed by atoms with E-state index < -0.39 is 23.0 Å². The highest BCUT2D eigenvalue weighted by Gasteiger charge is 2.42. The fourth-order valence-corrected chi connectivity index (χ4v) is 5.68. The van der Waals surface area contributed by atoms with Gasteiger partial charge in [-0.3, -0.25) is 19.1 Å². The predicted octanol–water partition coefficient (Wildman–Crippen LogP) is 4.74. The van der Waals surface area contributed by atoms with Gasteiger partial charge in [-0.1, -0.05) is 91.0 Å². The summed E-state index contributed by atoms with van der Waals surface area (Å²) in [4.78, 5) is 39.0. The minimum Gasteiger partial charge on any atom is -0.462 e. The summed E-state index contributed by atoms with van der Waals surface area (Å²) in [5, 5.41) is 0. The Morgan fingerprint density at radius 2 is 1.38 bits per heavy atom. The summed E-state index contributed by atoms with van der Waals surface area (Å²) in [7, 11) is 0. The first kappa shape index (κ1) is 26.4. The van der Waals surface area contributed by atoms with Crippen LogP contribution in [0.5, 0.6) is 0 Å². The fourth-order valence-electron chi connectivity index (χ4n) is 5.68. The van der Waals surface area contributed by atoms with Crippen LogP contribution in [0, 0.1) is 12.8 Å². The fraction of sp³-hybridized carbons (Fsp3) is 0.281. The van der Waals surface area contributed by atoms with Gasteiger partial charge in [0, 0.05) is 37.1 Å². The molecule has 0 saturated heterocycles. The van der Waals surface area contributed by atoms with Gasteiger partial charge in [0.2, 0.25) is 0 Å². The molecule has 4 aromatic rings. The number of nitrogens with zero attached hydrogens (tertiary/aromatic N) is 1. The zero-order valence-corrected chi connectivity index (χ0v) is 22.1. The Morgan fingerprint density at radius 3 is 1.87 bits per heavy atom. The van der Waals surface area contributed by atoms with Crippen LogP contribution in [0.3, 0.4) is 0 Å². The lowest BCUT2D eigenvalue weighted by molar-refractivity contribution is -0.149. The van der Waals surface area contributed by atoms with E-state index in [0.717, 1.165) is 16.7 Å². The molecule has 0 radical (unpaired) electrons. The predicted molar refractivity (Wildman–Crippen MR) is 149 cm³/mol. The van der Waals surface area contributed by atoms with Crippen molar-refractivity contribution in [2.75, 3.05) is 6.61 Å². The lowest BCUT2D eigenvalue weighted by Gasteiger charge is -2.37. The van der Waals surface area contributed by atoms with Gasteiger partial charge in [-0.25, -0.2) is 4.79 Å². The van der Waals surface area contributed by atoms with E-state index in [1.165, 1.54) is 6.92 Å². The second kappa shape index (κ2) is 11.3. The Labute approximate surface area is 227 Å². The lowest BCUT2D eigenvalue weighted by Crippen LogP contribution is -2.36. The molecule has 1 aliphatic rings. The first-order valence-electron chi connectivity index (χ1n) is 13.2. The van der Waals surface area contributed by atoms with Crippen LogP contribution in [0.25, 0.3) is 0 Å². The van der Waals surface area contributed by atoms with Crippen molar-refractivity contribution in [1.82, 2.24) is 9.55 Å². The number of aromatic amines is 1. The summed E-state index contributed by atoms with van der Waals surface area (Å²) in [6, 6.07) is 30.0. The number of benzene rings is 3. The van der Waals surface area contributed by atoms with Gasteiger partial charge in [0.05, 0.1) is 6.61 Å². The lowest BCUT2D eigenvalue weighted by atomic mass is 9.80. The van der Waals surface area contributed by atoms with Gasteiger partial charge in [-0.05, 0) is 30.0 Å². The van der Waals surface area contributed by atoms with Crippen LogP contribution < -0.4 is 11.2 Å². The molecule has 0 bridgehead atoms. The van der Waals surface area contributed by atoms with Crippen LogP contribution in [0.15, 0.2) is 107 Å². The van der Waals surface area contributed by atoms with Crippen molar-refractivity contribution in [3.63, 3.8) is 0 Å². The zero-order chi connectivity index (χ0) is 27.4. The average molecular weight is 525 g/mol. The Morgan fingerprint density at radius 1 is 0.872 bits per heavy atom. The maximum absolute atomic E-state index is 12.7. The number of hydrogen-bond acceptors (Lipinski definition) is 5. The van der Waals surface area contributed by atoms with Gasteiger partial charge in [0.15, 0.2) is 0 Å². The Kier molecular flexibility index (Phi) is 7.61. The van der Waals surface area contributed by atoms with Crippen molar-refractivity contribution in [3.05, 3.63) is 140 Å². The van der Waals surface area contributed by atoms with Gasteiger partial charge in [-0.15, -0.1) is 0 Å². The molecule has 3 aromatic carbocycles. The number of rotatable bonds is 8. The summed E-state index contributed by atoms with van der Waals surface area (Å²) in [5.41, 5.74) is 1.62. The molecule has 0 unspecified atom stereocenters. The van der Waals surface area contributed by atoms with Gasteiger partial charge < -0.3 is 9.47 Å². The summed E-state index contributed by atoms with van der Waals surface area (Å²) in [6.07, 6.45) is 2.15. The van der Waals surface area contributed by atoms with Crippen molar-refractivity contribution < 1.29 is 14.3 Å². The molecule has 1 fully saturated rings. The third-order valence-corrected chi connectivity index (χ3v) is 7.52. The van der Waals surface area contributed by atoms with E-state index >= 15 is 0 Å². The molecule has 39 heavy (non-hydrogen) atoms. The average Bonchev–Trinajstić information content (AvgIpc) is 3.34. The summed E-state index contributed by atoms with van der Waals surface area (Å²) in [6.45, 7) is 3.34. The van der Waals surface area contributed by atoms with Crippen molar-refractivity contribution >= 4 is 5.97 Å². The van der Waals surface area contributed by atoms with Crippen LogP contribution >= 0.6 is 0 Å². The molecule has 5 rings (SSSR count). The van der Waals surface area contributed by atoms with E-state index in [9.17, 15) is 14.4 Å². The van der Waals surface area contributed by atoms with Crippen LogP contribution in [0.4, 0.5) is 0 Å². The molecule has 0 spiro atoms. The van der Waals surface area contributed by atoms with Gasteiger partial charge in [0.1, 0.15) is 11.7 Å². The van der Waals surface area contributed by atoms with E-state index in [-0.39, 0.29) is 24.5 Å². The largest absolute Gasteiger partial charge is 0.462 e. The highest BCUT2D eigenvalue weighted by molar-refractivity contribution is 5.66. The summed E-state index contributed by atoms with van der Waals surface area (Å²) < 4.78 is 14.3. The Bertz CT molecular complexity index is 1430.